The van der Waals surface area contributed by atoms with Crippen molar-refractivity contribution in [1.82, 2.24) is 9.80 Å². The Kier molecular flexibility index (Phi) is 4.30. The maximum absolute atomic E-state index is 13.1. The minimum Gasteiger partial charge on any atom is -0.480 e. The van der Waals surface area contributed by atoms with Crippen molar-refractivity contribution in [3.63, 3.8) is 0 Å². The van der Waals surface area contributed by atoms with Crippen molar-refractivity contribution in [3.8, 4) is 0 Å². The van der Waals surface area contributed by atoms with Crippen LogP contribution in [0.5, 0.6) is 0 Å². The number of amides is 2. The Morgan fingerprint density at radius 3 is 2.58 bits per heavy atom. The van der Waals surface area contributed by atoms with E-state index in [2.05, 4.69) is 0 Å². The second kappa shape index (κ2) is 6.26. The molecule has 2 aliphatic rings. The van der Waals surface area contributed by atoms with Crippen LogP contribution in [-0.2, 0) is 16.1 Å². The number of aliphatic carboxylic acids is 1. The Morgan fingerprint density at radius 1 is 1.25 bits per heavy atom. The van der Waals surface area contributed by atoms with Gasteiger partial charge in [-0.05, 0) is 30.4 Å². The summed E-state index contributed by atoms with van der Waals surface area (Å²) in [4.78, 5) is 40.2. The summed E-state index contributed by atoms with van der Waals surface area (Å²) in [6, 6.07) is 5.94. The fourth-order valence-corrected chi connectivity index (χ4v) is 3.74. The molecular formula is C18H22N2O4. The largest absolute Gasteiger partial charge is 0.480 e. The fourth-order valence-electron chi connectivity index (χ4n) is 3.74. The number of carboxylic acid groups (broad SMARTS) is 1. The number of rotatable bonds is 4. The Bertz CT molecular complexity index is 685. The molecule has 2 amide bonds. The van der Waals surface area contributed by atoms with Crippen molar-refractivity contribution in [1.29, 1.82) is 0 Å². The van der Waals surface area contributed by atoms with E-state index < -0.39 is 18.1 Å². The van der Waals surface area contributed by atoms with Gasteiger partial charge in [0.2, 0.25) is 5.91 Å². The number of carbonyl (C=O) groups is 3. The molecule has 2 aliphatic heterocycles. The van der Waals surface area contributed by atoms with Gasteiger partial charge in [-0.3, -0.25) is 9.59 Å². The lowest BCUT2D eigenvalue weighted by Crippen LogP contribution is -2.54. The van der Waals surface area contributed by atoms with Gasteiger partial charge in [-0.25, -0.2) is 4.79 Å². The lowest BCUT2D eigenvalue weighted by molar-refractivity contribution is -0.150. The number of hydrogen-bond donors (Lipinski definition) is 1. The van der Waals surface area contributed by atoms with Gasteiger partial charge >= 0.3 is 5.97 Å². The van der Waals surface area contributed by atoms with E-state index in [9.17, 15) is 19.5 Å². The van der Waals surface area contributed by atoms with Crippen LogP contribution in [0.25, 0.3) is 0 Å². The van der Waals surface area contributed by atoms with Crippen LogP contribution in [0.1, 0.15) is 42.6 Å². The summed E-state index contributed by atoms with van der Waals surface area (Å²) in [7, 11) is 0. The van der Waals surface area contributed by atoms with Crippen molar-refractivity contribution < 1.29 is 19.5 Å². The molecule has 0 aliphatic carbocycles. The SMILES string of the molecule is CC(C)C(C(=O)N1CCC[C@H]1C(=O)O)N1Cc2ccccc2C1=O. The number of hydrogen-bond acceptors (Lipinski definition) is 3. The van der Waals surface area contributed by atoms with E-state index in [4.69, 9.17) is 0 Å². The molecule has 1 saturated heterocycles. The van der Waals surface area contributed by atoms with Crippen LogP contribution in [-0.4, -0.2) is 51.3 Å². The lowest BCUT2D eigenvalue weighted by atomic mass is 10.0. The van der Waals surface area contributed by atoms with Crippen molar-refractivity contribution in [2.45, 2.75) is 45.3 Å². The van der Waals surface area contributed by atoms with Gasteiger partial charge in [0, 0.05) is 18.7 Å². The van der Waals surface area contributed by atoms with Crippen molar-refractivity contribution in [3.05, 3.63) is 35.4 Å². The predicted octanol–water partition coefficient (Wildman–Crippen LogP) is 1.74. The Hall–Kier alpha value is -2.37. The highest BCUT2D eigenvalue weighted by atomic mass is 16.4. The number of carboxylic acids is 1. The van der Waals surface area contributed by atoms with Crippen molar-refractivity contribution >= 4 is 17.8 Å². The molecule has 6 nitrogen and oxygen atoms in total. The Morgan fingerprint density at radius 2 is 1.96 bits per heavy atom. The minimum absolute atomic E-state index is 0.0918. The standard InChI is InChI=1S/C18H22N2O4/c1-11(2)15(17(22)19-9-5-8-14(19)18(23)24)20-10-12-6-3-4-7-13(12)16(20)21/h3-4,6-7,11,14-15H,5,8-10H2,1-2H3,(H,23,24)/t14-,15?/m0/s1. The number of carbonyl (C=O) groups excluding carboxylic acids is 2. The number of fused-ring (bicyclic) bond motifs is 1. The van der Waals surface area contributed by atoms with Crippen molar-refractivity contribution in [2.75, 3.05) is 6.54 Å². The van der Waals surface area contributed by atoms with E-state index in [1.54, 1.807) is 11.0 Å². The molecule has 2 atom stereocenters. The first kappa shape index (κ1) is 16.5. The molecule has 2 heterocycles. The lowest BCUT2D eigenvalue weighted by Gasteiger charge is -2.34. The van der Waals surface area contributed by atoms with Gasteiger partial charge in [0.25, 0.3) is 5.91 Å². The zero-order chi connectivity index (χ0) is 17.4. The van der Waals surface area contributed by atoms with Gasteiger partial charge in [-0.15, -0.1) is 0 Å². The van der Waals surface area contributed by atoms with E-state index in [0.717, 1.165) is 5.56 Å². The molecule has 1 N–H and O–H groups in total. The number of nitrogens with zero attached hydrogens (tertiary/aromatic N) is 2. The first-order valence-corrected chi connectivity index (χ1v) is 8.34. The number of benzene rings is 1. The summed E-state index contributed by atoms with van der Waals surface area (Å²) in [5.74, 6) is -1.47. The zero-order valence-electron chi connectivity index (χ0n) is 13.9. The fraction of sp³-hybridized carbons (Fsp3) is 0.500. The average molecular weight is 330 g/mol. The molecule has 0 bridgehead atoms. The summed E-state index contributed by atoms with van der Waals surface area (Å²) in [6.45, 7) is 4.62. The van der Waals surface area contributed by atoms with Crippen LogP contribution >= 0.6 is 0 Å². The van der Waals surface area contributed by atoms with Crippen LogP contribution in [0.2, 0.25) is 0 Å². The second-order valence-electron chi connectivity index (χ2n) is 6.81. The Labute approximate surface area is 141 Å². The smallest absolute Gasteiger partial charge is 0.326 e. The molecule has 0 spiro atoms. The highest BCUT2D eigenvalue weighted by Crippen LogP contribution is 2.29. The molecule has 0 radical (unpaired) electrons. The quantitative estimate of drug-likeness (QED) is 0.912. The number of likely N-dealkylation sites (tertiary alicyclic amines) is 1. The van der Waals surface area contributed by atoms with E-state index in [-0.39, 0.29) is 17.7 Å². The molecule has 1 unspecified atom stereocenters. The maximum atomic E-state index is 13.1. The van der Waals surface area contributed by atoms with E-state index in [1.165, 1.54) is 4.90 Å². The monoisotopic (exact) mass is 330 g/mol. The van der Waals surface area contributed by atoms with Crippen LogP contribution in [0, 0.1) is 5.92 Å². The molecule has 6 heteroatoms. The van der Waals surface area contributed by atoms with E-state index in [1.807, 2.05) is 32.0 Å². The zero-order valence-corrected chi connectivity index (χ0v) is 13.9. The topological polar surface area (TPSA) is 77.9 Å². The average Bonchev–Trinajstić information content (AvgIpc) is 3.14. The third-order valence-corrected chi connectivity index (χ3v) is 4.89. The molecule has 128 valence electrons. The molecule has 1 fully saturated rings. The molecule has 0 saturated carbocycles. The van der Waals surface area contributed by atoms with Gasteiger partial charge < -0.3 is 14.9 Å². The van der Waals surface area contributed by atoms with Gasteiger partial charge in [0.15, 0.2) is 0 Å². The first-order chi connectivity index (χ1) is 11.4. The van der Waals surface area contributed by atoms with E-state index in [0.29, 0.717) is 31.5 Å². The molecule has 0 aromatic heterocycles. The summed E-state index contributed by atoms with van der Waals surface area (Å²) >= 11 is 0. The van der Waals surface area contributed by atoms with Gasteiger partial charge in [0.05, 0.1) is 0 Å². The van der Waals surface area contributed by atoms with Crippen molar-refractivity contribution in [2.24, 2.45) is 5.92 Å². The highest BCUT2D eigenvalue weighted by Gasteiger charge is 2.43. The van der Waals surface area contributed by atoms with Crippen LogP contribution in [0.3, 0.4) is 0 Å². The van der Waals surface area contributed by atoms with Crippen LogP contribution in [0.4, 0.5) is 0 Å². The predicted molar refractivity (Wildman–Crippen MR) is 87.3 cm³/mol. The molecule has 1 aromatic carbocycles. The third-order valence-electron chi connectivity index (χ3n) is 4.89. The summed E-state index contributed by atoms with van der Waals surface area (Å²) < 4.78 is 0. The van der Waals surface area contributed by atoms with Crippen LogP contribution in [0.15, 0.2) is 24.3 Å². The molecular weight excluding hydrogens is 308 g/mol. The second-order valence-corrected chi connectivity index (χ2v) is 6.81. The van der Waals surface area contributed by atoms with Gasteiger partial charge in [0.1, 0.15) is 12.1 Å². The van der Waals surface area contributed by atoms with E-state index >= 15 is 0 Å². The normalized spacial score (nSPS) is 21.3. The highest BCUT2D eigenvalue weighted by molar-refractivity contribution is 6.01. The maximum Gasteiger partial charge on any atom is 0.326 e. The molecule has 24 heavy (non-hydrogen) atoms. The van der Waals surface area contributed by atoms with Gasteiger partial charge in [-0.1, -0.05) is 32.0 Å². The minimum atomic E-state index is -0.973. The Balaban J connectivity index is 1.88. The van der Waals surface area contributed by atoms with Crippen LogP contribution < -0.4 is 0 Å². The summed E-state index contributed by atoms with van der Waals surface area (Å²) in [5, 5.41) is 9.34. The molecule has 3 rings (SSSR count). The van der Waals surface area contributed by atoms with Gasteiger partial charge in [-0.2, -0.15) is 0 Å². The summed E-state index contributed by atoms with van der Waals surface area (Å²) in [6.07, 6.45) is 1.15. The third kappa shape index (κ3) is 2.66. The first-order valence-electron chi connectivity index (χ1n) is 8.34. The molecule has 1 aromatic rings. The summed E-state index contributed by atoms with van der Waals surface area (Å²) in [5.41, 5.74) is 1.55.